The molecule has 3 rings (SSSR count). The Kier molecular flexibility index (Phi) is 3.38. The van der Waals surface area contributed by atoms with Crippen molar-refractivity contribution in [2.45, 2.75) is 0 Å². The van der Waals surface area contributed by atoms with E-state index in [1.54, 1.807) is 0 Å². The van der Waals surface area contributed by atoms with Crippen LogP contribution >= 0.6 is 0 Å². The summed E-state index contributed by atoms with van der Waals surface area (Å²) in [6, 6.07) is 17.5. The summed E-state index contributed by atoms with van der Waals surface area (Å²) in [6.07, 6.45) is 0. The molecule has 0 saturated carbocycles. The third-order valence-electron chi connectivity index (χ3n) is 2.95. The van der Waals surface area contributed by atoms with E-state index in [0.29, 0.717) is 5.58 Å². The Hall–Kier alpha value is -1.61. The molecule has 0 amide bonds. The van der Waals surface area contributed by atoms with Gasteiger partial charge in [-0.1, -0.05) is 0 Å². The summed E-state index contributed by atoms with van der Waals surface area (Å²) in [4.78, 5) is 11.9. The minimum absolute atomic E-state index is 0.188. The van der Waals surface area contributed by atoms with Gasteiger partial charge >= 0.3 is 126 Å². The van der Waals surface area contributed by atoms with E-state index in [4.69, 9.17) is 4.42 Å². The molecule has 0 aliphatic carbocycles. The van der Waals surface area contributed by atoms with Gasteiger partial charge in [-0.05, 0) is 0 Å². The van der Waals surface area contributed by atoms with Crippen molar-refractivity contribution in [3.05, 3.63) is 65.0 Å². The van der Waals surface area contributed by atoms with Crippen LogP contribution in [0, 0.1) is 0 Å². The van der Waals surface area contributed by atoms with E-state index in [2.05, 4.69) is 5.32 Å². The maximum absolute atomic E-state index is 11.9. The van der Waals surface area contributed by atoms with Crippen molar-refractivity contribution in [1.82, 2.24) is 0 Å². The molecule has 2 aromatic carbocycles. The van der Waals surface area contributed by atoms with Gasteiger partial charge in [0.05, 0.1) is 0 Å². The Balaban J connectivity index is 2.22. The van der Waals surface area contributed by atoms with E-state index in [9.17, 15) is 4.79 Å². The number of para-hydroxylation sites is 2. The van der Waals surface area contributed by atoms with Gasteiger partial charge in [0.1, 0.15) is 0 Å². The van der Waals surface area contributed by atoms with Crippen LogP contribution in [-0.4, -0.2) is 0 Å². The summed E-state index contributed by atoms with van der Waals surface area (Å²) in [5, 5.41) is 4.30. The van der Waals surface area contributed by atoms with Crippen LogP contribution < -0.4 is 14.0 Å². The number of nitrogens with one attached hydrogen (secondary N) is 1. The zero-order valence-corrected chi connectivity index (χ0v) is 15.7. The molecule has 4 heteroatoms. The molecule has 0 spiro atoms. The molecule has 3 nitrogen and oxygen atoms in total. The molecule has 0 fully saturated rings. The normalized spacial score (nSPS) is 10.6. The molecule has 0 atom stereocenters. The monoisotopic (exact) mass is 438 g/mol. The van der Waals surface area contributed by atoms with Crippen LogP contribution in [0.4, 0.5) is 11.4 Å². The SMILES string of the molecule is O=c1oc2ccccc2c(Nc2ccccc2)[c]1[Hg]. The molecule has 0 saturated heterocycles. The number of benzene rings is 2. The molecule has 1 heterocycles. The Bertz CT molecular complexity index is 781. The van der Waals surface area contributed by atoms with Gasteiger partial charge in [-0.3, -0.25) is 0 Å². The van der Waals surface area contributed by atoms with E-state index in [1.165, 1.54) is 0 Å². The van der Waals surface area contributed by atoms with Crippen LogP contribution in [0.1, 0.15) is 0 Å². The van der Waals surface area contributed by atoms with Crippen LogP contribution in [0.15, 0.2) is 63.8 Å². The first kappa shape index (κ1) is 12.4. The Morgan fingerprint density at radius 3 is 2.42 bits per heavy atom. The van der Waals surface area contributed by atoms with Crippen molar-refractivity contribution in [1.29, 1.82) is 0 Å². The first-order valence-corrected chi connectivity index (χ1v) is 8.70. The van der Waals surface area contributed by atoms with Gasteiger partial charge in [0.2, 0.25) is 0 Å². The molecular weight excluding hydrogens is 427 g/mol. The fourth-order valence-electron chi connectivity index (χ4n) is 2.00. The first-order chi connectivity index (χ1) is 9.25. The van der Waals surface area contributed by atoms with Crippen LogP contribution in [-0.2, 0) is 26.1 Å². The second kappa shape index (κ2) is 5.17. The van der Waals surface area contributed by atoms with Gasteiger partial charge in [0, 0.05) is 0 Å². The molecule has 0 aliphatic heterocycles. The standard InChI is InChI=1S/C15H10NO2.Hg/c17-15-10-13(16-11-6-2-1-3-7-11)12-8-4-5-9-14(12)18-15;/h1-9,16H;. The molecule has 3 aromatic rings. The molecule has 0 bridgehead atoms. The van der Waals surface area contributed by atoms with E-state index in [0.717, 1.165) is 19.8 Å². The molecule has 0 unspecified atom stereocenters. The van der Waals surface area contributed by atoms with Crippen molar-refractivity contribution < 1.29 is 30.5 Å². The van der Waals surface area contributed by atoms with Crippen molar-refractivity contribution in [2.75, 3.05) is 5.32 Å². The maximum atomic E-state index is 11.9. The molecule has 89 valence electrons. The van der Waals surface area contributed by atoms with Crippen molar-refractivity contribution >= 4 is 25.4 Å². The van der Waals surface area contributed by atoms with E-state index in [-0.39, 0.29) is 31.7 Å². The molecular formula is C15H10HgNO2. The zero-order valence-electron chi connectivity index (χ0n) is 10.2. The van der Waals surface area contributed by atoms with Gasteiger partial charge in [-0.25, -0.2) is 0 Å². The number of hydrogen-bond donors (Lipinski definition) is 1. The molecule has 1 aromatic heterocycles. The number of rotatable bonds is 2. The Morgan fingerprint density at radius 2 is 1.63 bits per heavy atom. The topological polar surface area (TPSA) is 42.2 Å². The van der Waals surface area contributed by atoms with Gasteiger partial charge in [0.15, 0.2) is 0 Å². The van der Waals surface area contributed by atoms with Gasteiger partial charge in [-0.2, -0.15) is 0 Å². The van der Waals surface area contributed by atoms with Crippen molar-refractivity contribution in [2.24, 2.45) is 0 Å². The molecule has 1 N–H and O–H groups in total. The van der Waals surface area contributed by atoms with Gasteiger partial charge in [-0.15, -0.1) is 0 Å². The first-order valence-electron chi connectivity index (χ1n) is 5.95. The Labute approximate surface area is 126 Å². The average molecular weight is 437 g/mol. The predicted octanol–water partition coefficient (Wildman–Crippen LogP) is 2.71. The van der Waals surface area contributed by atoms with Gasteiger partial charge in [0.25, 0.3) is 0 Å². The second-order valence-corrected chi connectivity index (χ2v) is 6.98. The van der Waals surface area contributed by atoms with Crippen molar-refractivity contribution in [3.63, 3.8) is 0 Å². The number of fused-ring (bicyclic) bond motifs is 1. The fourth-order valence-corrected chi connectivity index (χ4v) is 3.36. The van der Waals surface area contributed by atoms with E-state index < -0.39 is 0 Å². The summed E-state index contributed by atoms with van der Waals surface area (Å²) in [7, 11) is 0. The Morgan fingerprint density at radius 1 is 0.947 bits per heavy atom. The van der Waals surface area contributed by atoms with Gasteiger partial charge < -0.3 is 0 Å². The van der Waals surface area contributed by atoms with Crippen LogP contribution in [0.2, 0.25) is 0 Å². The van der Waals surface area contributed by atoms with Crippen LogP contribution in [0.25, 0.3) is 11.0 Å². The quantitative estimate of drug-likeness (QED) is 0.496. The number of hydrogen-bond acceptors (Lipinski definition) is 3. The third-order valence-corrected chi connectivity index (χ3v) is 5.45. The minimum atomic E-state index is -0.222. The molecule has 0 aliphatic rings. The number of anilines is 2. The molecule has 0 radical (unpaired) electrons. The summed E-state index contributed by atoms with van der Waals surface area (Å²) in [5.41, 5.74) is 2.27. The van der Waals surface area contributed by atoms with Crippen LogP contribution in [0.5, 0.6) is 0 Å². The summed E-state index contributed by atoms with van der Waals surface area (Å²) in [5.74, 6) is 0. The zero-order chi connectivity index (χ0) is 13.2. The summed E-state index contributed by atoms with van der Waals surface area (Å²) >= 11 is 0.188. The summed E-state index contributed by atoms with van der Waals surface area (Å²) < 4.78 is 6.10. The fraction of sp³-hybridized carbons (Fsp3) is 0. The van der Waals surface area contributed by atoms with Crippen LogP contribution in [0.3, 0.4) is 0 Å². The second-order valence-electron chi connectivity index (χ2n) is 4.23. The van der Waals surface area contributed by atoms with E-state index >= 15 is 0 Å². The predicted molar refractivity (Wildman–Crippen MR) is 71.8 cm³/mol. The van der Waals surface area contributed by atoms with Crippen molar-refractivity contribution in [3.8, 4) is 0 Å². The summed E-state index contributed by atoms with van der Waals surface area (Å²) in [6.45, 7) is 0. The average Bonchev–Trinajstić information content (AvgIpc) is 2.45. The molecule has 19 heavy (non-hydrogen) atoms. The van der Waals surface area contributed by atoms with E-state index in [1.807, 2.05) is 54.6 Å². The third kappa shape index (κ3) is 2.43.